The van der Waals surface area contributed by atoms with Crippen LogP contribution in [0.5, 0.6) is 0 Å². The van der Waals surface area contributed by atoms with Crippen molar-refractivity contribution in [2.24, 2.45) is 23.7 Å². The number of rotatable bonds is 0. The smallest absolute Gasteiger partial charge is 0.334 e. The summed E-state index contributed by atoms with van der Waals surface area (Å²) in [4.78, 5) is 23.7. The molecule has 4 heteroatoms. The number of esters is 1. The molecule has 1 saturated heterocycles. The molecule has 4 nitrogen and oxygen atoms in total. The summed E-state index contributed by atoms with van der Waals surface area (Å²) in [5, 5.41) is 10.3. The number of carbonyl (C=O) groups excluding carboxylic acids is 2. The number of ether oxygens (including phenoxy) is 1. The molecule has 0 aromatic heterocycles. The van der Waals surface area contributed by atoms with Gasteiger partial charge in [0.2, 0.25) is 0 Å². The molecular formula is C15H18O4. The Morgan fingerprint density at radius 1 is 1.26 bits per heavy atom. The van der Waals surface area contributed by atoms with Gasteiger partial charge in [-0.25, -0.2) is 4.79 Å². The first kappa shape index (κ1) is 12.6. The molecule has 0 aromatic carbocycles. The third kappa shape index (κ3) is 1.62. The van der Waals surface area contributed by atoms with Crippen molar-refractivity contribution in [3.8, 4) is 0 Å². The molecule has 2 aliphatic carbocycles. The Kier molecular flexibility index (Phi) is 2.68. The number of carbonyl (C=O) groups is 2. The highest BCUT2D eigenvalue weighted by molar-refractivity contribution is 5.91. The van der Waals surface area contributed by atoms with E-state index in [2.05, 4.69) is 13.2 Å². The second-order valence-corrected chi connectivity index (χ2v) is 5.99. The molecule has 3 fully saturated rings. The van der Waals surface area contributed by atoms with Crippen LogP contribution < -0.4 is 0 Å². The normalized spacial score (nSPS) is 45.8. The van der Waals surface area contributed by atoms with Crippen LogP contribution in [0.4, 0.5) is 0 Å². The monoisotopic (exact) mass is 262 g/mol. The van der Waals surface area contributed by atoms with Crippen molar-refractivity contribution >= 4 is 11.8 Å². The van der Waals surface area contributed by atoms with Crippen molar-refractivity contribution in [3.05, 3.63) is 24.3 Å². The molecular weight excluding hydrogens is 244 g/mol. The lowest BCUT2D eigenvalue weighted by Crippen LogP contribution is -2.35. The van der Waals surface area contributed by atoms with Gasteiger partial charge in [0.25, 0.3) is 0 Å². The molecule has 1 aliphatic heterocycles. The van der Waals surface area contributed by atoms with Gasteiger partial charge in [0.15, 0.2) is 0 Å². The van der Waals surface area contributed by atoms with E-state index >= 15 is 0 Å². The summed E-state index contributed by atoms with van der Waals surface area (Å²) in [5.74, 6) is -0.839. The summed E-state index contributed by atoms with van der Waals surface area (Å²) < 4.78 is 5.42. The summed E-state index contributed by atoms with van der Waals surface area (Å²) in [7, 11) is 0. The summed E-state index contributed by atoms with van der Waals surface area (Å²) in [6.45, 7) is 9.65. The van der Waals surface area contributed by atoms with E-state index in [9.17, 15) is 14.7 Å². The van der Waals surface area contributed by atoms with Gasteiger partial charge in [-0.1, -0.05) is 25.7 Å². The fourth-order valence-corrected chi connectivity index (χ4v) is 3.95. The molecule has 6 atom stereocenters. The fourth-order valence-electron chi connectivity index (χ4n) is 3.95. The maximum atomic E-state index is 12.0. The van der Waals surface area contributed by atoms with Crippen molar-refractivity contribution in [2.45, 2.75) is 32.0 Å². The predicted molar refractivity (Wildman–Crippen MR) is 68.0 cm³/mol. The van der Waals surface area contributed by atoms with Gasteiger partial charge in [-0.2, -0.15) is 0 Å². The zero-order chi connectivity index (χ0) is 13.9. The quantitative estimate of drug-likeness (QED) is 0.405. The van der Waals surface area contributed by atoms with Gasteiger partial charge in [0, 0.05) is 23.8 Å². The molecule has 0 spiro atoms. The van der Waals surface area contributed by atoms with E-state index in [1.807, 2.05) is 6.92 Å². The van der Waals surface area contributed by atoms with Gasteiger partial charge in [-0.05, 0) is 12.3 Å². The highest BCUT2D eigenvalue weighted by Gasteiger charge is 2.56. The van der Waals surface area contributed by atoms with E-state index in [4.69, 9.17) is 4.74 Å². The van der Waals surface area contributed by atoms with E-state index in [0.717, 1.165) is 5.57 Å². The Balaban J connectivity index is 2.05. The molecule has 0 unspecified atom stereocenters. The predicted octanol–water partition coefficient (Wildman–Crippen LogP) is 1.25. The number of hydrogen-bond acceptors (Lipinski definition) is 4. The Morgan fingerprint density at radius 2 is 1.95 bits per heavy atom. The topological polar surface area (TPSA) is 63.6 Å². The number of aliphatic hydroxyl groups excluding tert-OH is 1. The van der Waals surface area contributed by atoms with E-state index in [0.29, 0.717) is 18.4 Å². The van der Waals surface area contributed by atoms with Gasteiger partial charge < -0.3 is 9.84 Å². The summed E-state index contributed by atoms with van der Waals surface area (Å²) >= 11 is 0. The maximum Gasteiger partial charge on any atom is 0.334 e. The first-order chi connectivity index (χ1) is 8.91. The number of aliphatic hydroxyl groups is 1. The van der Waals surface area contributed by atoms with Crippen molar-refractivity contribution < 1.29 is 19.4 Å². The molecule has 2 saturated carbocycles. The first-order valence-electron chi connectivity index (χ1n) is 6.70. The van der Waals surface area contributed by atoms with E-state index < -0.39 is 24.1 Å². The van der Waals surface area contributed by atoms with Crippen LogP contribution in [-0.4, -0.2) is 29.1 Å². The van der Waals surface area contributed by atoms with Crippen LogP contribution in [0.3, 0.4) is 0 Å². The van der Waals surface area contributed by atoms with Gasteiger partial charge in [-0.3, -0.25) is 4.79 Å². The summed E-state index contributed by atoms with van der Waals surface area (Å²) in [6, 6.07) is 0. The highest BCUT2D eigenvalue weighted by Crippen LogP contribution is 2.51. The minimum absolute atomic E-state index is 0.0193. The zero-order valence-electron chi connectivity index (χ0n) is 11.0. The van der Waals surface area contributed by atoms with Crippen LogP contribution in [-0.2, 0) is 14.3 Å². The van der Waals surface area contributed by atoms with Crippen LogP contribution in [0.15, 0.2) is 24.3 Å². The molecule has 102 valence electrons. The van der Waals surface area contributed by atoms with Gasteiger partial charge in [-0.15, -0.1) is 0 Å². The summed E-state index contributed by atoms with van der Waals surface area (Å²) in [5.41, 5.74) is 1.23. The molecule has 0 radical (unpaired) electrons. The van der Waals surface area contributed by atoms with Crippen molar-refractivity contribution in [1.29, 1.82) is 0 Å². The lowest BCUT2D eigenvalue weighted by Gasteiger charge is -2.28. The largest absolute Gasteiger partial charge is 0.458 e. The Hall–Kier alpha value is -1.42. The van der Waals surface area contributed by atoms with Crippen LogP contribution >= 0.6 is 0 Å². The van der Waals surface area contributed by atoms with E-state index in [1.165, 1.54) is 0 Å². The fraction of sp³-hybridized carbons (Fsp3) is 0.600. The van der Waals surface area contributed by atoms with E-state index in [1.54, 1.807) is 0 Å². The molecule has 3 aliphatic rings. The lowest BCUT2D eigenvalue weighted by atomic mass is 9.79. The van der Waals surface area contributed by atoms with Crippen LogP contribution in [0, 0.1) is 23.7 Å². The van der Waals surface area contributed by atoms with Crippen LogP contribution in [0.1, 0.15) is 19.8 Å². The Morgan fingerprint density at radius 3 is 2.63 bits per heavy atom. The van der Waals surface area contributed by atoms with E-state index in [-0.39, 0.29) is 23.5 Å². The third-order valence-electron chi connectivity index (χ3n) is 5.02. The lowest BCUT2D eigenvalue weighted by molar-refractivity contribution is -0.143. The molecule has 1 heterocycles. The van der Waals surface area contributed by atoms with Gasteiger partial charge in [0.1, 0.15) is 11.9 Å². The SMILES string of the molecule is C=C1C(=O)O[C@H]2[C@H]1[C@@H](O)CC(=C)[C@@H]1CC(=O)[C@H](C)[C@H]21. The average Bonchev–Trinajstić information content (AvgIpc) is 2.75. The van der Waals surface area contributed by atoms with Crippen molar-refractivity contribution in [1.82, 2.24) is 0 Å². The Labute approximate surface area is 112 Å². The second kappa shape index (κ2) is 4.04. The van der Waals surface area contributed by atoms with Crippen molar-refractivity contribution in [2.75, 3.05) is 0 Å². The minimum atomic E-state index is -0.690. The molecule has 0 bridgehead atoms. The highest BCUT2D eigenvalue weighted by atomic mass is 16.6. The first-order valence-corrected chi connectivity index (χ1v) is 6.70. The molecule has 3 rings (SSSR count). The molecule has 19 heavy (non-hydrogen) atoms. The number of hydrogen-bond donors (Lipinski definition) is 1. The van der Waals surface area contributed by atoms with Gasteiger partial charge >= 0.3 is 5.97 Å². The minimum Gasteiger partial charge on any atom is -0.458 e. The number of ketones is 1. The zero-order valence-corrected chi connectivity index (χ0v) is 11.0. The molecule has 0 aromatic rings. The molecule has 1 N–H and O–H groups in total. The number of Topliss-reactive ketones (excluding diaryl/α,β-unsaturated/α-hetero) is 1. The van der Waals surface area contributed by atoms with Gasteiger partial charge in [0.05, 0.1) is 12.0 Å². The average molecular weight is 262 g/mol. The third-order valence-corrected chi connectivity index (χ3v) is 5.02. The second-order valence-electron chi connectivity index (χ2n) is 5.99. The summed E-state index contributed by atoms with van der Waals surface area (Å²) in [6.07, 6.45) is -0.257. The van der Waals surface area contributed by atoms with Crippen LogP contribution in [0.2, 0.25) is 0 Å². The molecule has 0 amide bonds. The Bertz CT molecular complexity index is 492. The maximum absolute atomic E-state index is 12.0. The standard InChI is InChI=1S/C15H18O4/c1-6-4-11(17)13-8(3)15(18)19-14(13)12-7(2)10(16)5-9(6)12/h7,9,11-14,17H,1,3-5H2,2H3/t7-,9-,11-,12-,13+,14+/m0/s1. The van der Waals surface area contributed by atoms with Crippen LogP contribution in [0.25, 0.3) is 0 Å². The van der Waals surface area contributed by atoms with Crippen molar-refractivity contribution in [3.63, 3.8) is 0 Å². The number of fused-ring (bicyclic) bond motifs is 3.